The predicted molar refractivity (Wildman–Crippen MR) is 287 cm³/mol. The number of hydrogen-bond donors (Lipinski definition) is 6. The van der Waals surface area contributed by atoms with Crippen molar-refractivity contribution in [1.29, 1.82) is 0 Å². The van der Waals surface area contributed by atoms with E-state index in [0.717, 1.165) is 51.4 Å². The minimum Gasteiger partial charge on any atom is -0.394 e. The number of amides is 1. The summed E-state index contributed by atoms with van der Waals surface area (Å²) in [5.74, 6) is -0.227. The molecular weight excluding hydrogens is 907 g/mol. The lowest BCUT2D eigenvalue weighted by molar-refractivity contribution is -0.298. The van der Waals surface area contributed by atoms with Gasteiger partial charge >= 0.3 is 10.4 Å². The van der Waals surface area contributed by atoms with Crippen molar-refractivity contribution < 1.29 is 51.8 Å². The van der Waals surface area contributed by atoms with Crippen molar-refractivity contribution in [2.45, 2.75) is 333 Å². The fourth-order valence-corrected chi connectivity index (χ4v) is 10.3. The molecular formula is C57H111NO11S. The van der Waals surface area contributed by atoms with E-state index in [1.807, 2.05) is 0 Å². The van der Waals surface area contributed by atoms with Crippen LogP contribution in [0.2, 0.25) is 0 Å². The highest BCUT2D eigenvalue weighted by Crippen LogP contribution is 2.26. The summed E-state index contributed by atoms with van der Waals surface area (Å²) >= 11 is 0. The molecule has 1 aliphatic rings. The van der Waals surface area contributed by atoms with Crippen molar-refractivity contribution in [3.05, 3.63) is 12.2 Å². The number of rotatable bonds is 52. The summed E-state index contributed by atoms with van der Waals surface area (Å²) in [5.41, 5.74) is 0. The van der Waals surface area contributed by atoms with Gasteiger partial charge in [0.15, 0.2) is 6.29 Å². The molecule has 0 aromatic carbocycles. The molecule has 0 aliphatic carbocycles. The minimum absolute atomic E-state index is 0.227. The number of carbonyl (C=O) groups excluding carboxylic acids is 1. The number of allylic oxidation sites excluding steroid dienone is 2. The van der Waals surface area contributed by atoms with Gasteiger partial charge in [0.25, 0.3) is 0 Å². The van der Waals surface area contributed by atoms with Gasteiger partial charge in [-0.05, 0) is 38.5 Å². The number of nitrogens with one attached hydrogen (secondary N) is 1. The van der Waals surface area contributed by atoms with Crippen molar-refractivity contribution in [3.8, 4) is 0 Å². The maximum atomic E-state index is 13.2. The molecule has 1 saturated heterocycles. The second kappa shape index (κ2) is 47.5. The fourth-order valence-electron chi connectivity index (χ4n) is 9.75. The first-order valence-electron chi connectivity index (χ1n) is 29.6. The average Bonchev–Trinajstić information content (AvgIpc) is 3.33. The van der Waals surface area contributed by atoms with Gasteiger partial charge in [0.2, 0.25) is 5.91 Å². The SMILES string of the molecule is CCCCCCCCCCCCCC/C=C\CCCCCCCCCCCC(=O)NC(COC1OC(CO)C(O)C(OS(=O)(=O)O)C1O)C(O)CCCCCCCCCCCCCCCCCCCC. The predicted octanol–water partition coefficient (Wildman–Crippen LogP) is 13.8. The van der Waals surface area contributed by atoms with Crippen LogP contribution < -0.4 is 5.32 Å². The van der Waals surface area contributed by atoms with Gasteiger partial charge in [-0.1, -0.05) is 257 Å². The first-order chi connectivity index (χ1) is 34.0. The Bertz CT molecular complexity index is 1290. The maximum absolute atomic E-state index is 13.2. The van der Waals surface area contributed by atoms with Crippen LogP contribution in [0, 0.1) is 0 Å². The number of aliphatic hydroxyl groups excluding tert-OH is 4. The van der Waals surface area contributed by atoms with E-state index in [0.29, 0.717) is 12.8 Å². The largest absolute Gasteiger partial charge is 0.397 e. The van der Waals surface area contributed by atoms with Gasteiger partial charge in [-0.15, -0.1) is 0 Å². The summed E-state index contributed by atoms with van der Waals surface area (Å²) in [6.45, 7) is 3.50. The third-order valence-corrected chi connectivity index (χ3v) is 14.8. The molecule has 0 aromatic heterocycles. The fraction of sp³-hybridized carbons (Fsp3) is 0.947. The van der Waals surface area contributed by atoms with Crippen molar-refractivity contribution in [2.24, 2.45) is 0 Å². The van der Waals surface area contributed by atoms with Crippen LogP contribution in [0.15, 0.2) is 12.2 Å². The Labute approximate surface area is 430 Å². The molecule has 0 saturated carbocycles. The van der Waals surface area contributed by atoms with Crippen LogP contribution in [0.1, 0.15) is 290 Å². The molecule has 416 valence electrons. The van der Waals surface area contributed by atoms with Gasteiger partial charge in [0.1, 0.15) is 24.4 Å². The van der Waals surface area contributed by atoms with E-state index in [9.17, 15) is 38.2 Å². The van der Waals surface area contributed by atoms with E-state index in [1.54, 1.807) is 0 Å². The van der Waals surface area contributed by atoms with E-state index in [-0.39, 0.29) is 12.5 Å². The summed E-state index contributed by atoms with van der Waals surface area (Å²) in [6, 6.07) is -0.857. The molecule has 1 heterocycles. The lowest BCUT2D eigenvalue weighted by Crippen LogP contribution is -2.61. The molecule has 13 heteroatoms. The van der Waals surface area contributed by atoms with Gasteiger partial charge < -0.3 is 35.2 Å². The van der Waals surface area contributed by atoms with Crippen LogP contribution in [0.4, 0.5) is 0 Å². The second-order valence-electron chi connectivity index (χ2n) is 20.9. The first-order valence-corrected chi connectivity index (χ1v) is 30.9. The molecule has 0 aromatic rings. The van der Waals surface area contributed by atoms with Crippen molar-refractivity contribution in [2.75, 3.05) is 13.2 Å². The lowest BCUT2D eigenvalue weighted by atomic mass is 9.99. The molecule has 0 radical (unpaired) electrons. The summed E-state index contributed by atoms with van der Waals surface area (Å²) in [6.07, 6.45) is 47.9. The summed E-state index contributed by atoms with van der Waals surface area (Å²) in [5, 5.41) is 45.1. The highest BCUT2D eigenvalue weighted by molar-refractivity contribution is 7.80. The number of hydrogen-bond acceptors (Lipinski definition) is 10. The molecule has 6 N–H and O–H groups in total. The van der Waals surface area contributed by atoms with Crippen LogP contribution in [0.25, 0.3) is 0 Å². The quantitative estimate of drug-likeness (QED) is 0.0193. The third kappa shape index (κ3) is 39.3. The van der Waals surface area contributed by atoms with Gasteiger partial charge in [-0.25, -0.2) is 4.18 Å². The molecule has 0 bridgehead atoms. The van der Waals surface area contributed by atoms with E-state index in [2.05, 4.69) is 35.5 Å². The van der Waals surface area contributed by atoms with E-state index in [1.165, 1.54) is 212 Å². The maximum Gasteiger partial charge on any atom is 0.397 e. The molecule has 0 spiro atoms. The molecule has 1 rings (SSSR count). The molecule has 1 amide bonds. The number of aliphatic hydroxyl groups is 4. The molecule has 7 atom stereocenters. The highest BCUT2D eigenvalue weighted by atomic mass is 32.3. The highest BCUT2D eigenvalue weighted by Gasteiger charge is 2.48. The standard InChI is InChI=1S/C57H111NO11S/c1-3-5-7-9-11-13-15-17-19-21-23-24-25-26-27-28-29-31-33-35-37-39-41-43-45-47-53(61)58-50(49-67-57-55(63)56(69-70(64,65)66)54(62)52(48-59)68-57)51(60)46-44-42-40-38-36-34-32-30-22-20-18-16-14-12-10-8-6-4-2/h26-27,50-52,54-57,59-60,62-63H,3-25,28-49H2,1-2H3,(H,58,61)(H,64,65,66)/b27-26-. The molecule has 12 nitrogen and oxygen atoms in total. The smallest absolute Gasteiger partial charge is 0.394 e. The zero-order valence-corrected chi connectivity index (χ0v) is 45.9. The average molecular weight is 1020 g/mol. The molecule has 7 unspecified atom stereocenters. The second-order valence-corrected chi connectivity index (χ2v) is 22.0. The normalized spacial score (nSPS) is 19.6. The number of ether oxygens (including phenoxy) is 2. The number of unbranched alkanes of at least 4 members (excludes halogenated alkanes) is 38. The number of carbonyl (C=O) groups is 1. The van der Waals surface area contributed by atoms with Crippen LogP contribution in [0.3, 0.4) is 0 Å². The topological polar surface area (TPSA) is 192 Å². The Morgan fingerprint density at radius 1 is 0.557 bits per heavy atom. The van der Waals surface area contributed by atoms with Crippen LogP contribution >= 0.6 is 0 Å². The summed E-state index contributed by atoms with van der Waals surface area (Å²) in [7, 11) is -5.08. The van der Waals surface area contributed by atoms with Crippen molar-refractivity contribution in [1.82, 2.24) is 5.32 Å². The van der Waals surface area contributed by atoms with Crippen LogP contribution in [-0.4, -0.2) is 95.4 Å². The Morgan fingerprint density at radius 3 is 1.29 bits per heavy atom. The van der Waals surface area contributed by atoms with Crippen molar-refractivity contribution >= 4 is 16.3 Å². The molecule has 70 heavy (non-hydrogen) atoms. The summed E-state index contributed by atoms with van der Waals surface area (Å²) < 4.78 is 47.9. The van der Waals surface area contributed by atoms with E-state index in [4.69, 9.17) is 9.47 Å². The summed E-state index contributed by atoms with van der Waals surface area (Å²) in [4.78, 5) is 13.2. The Hall–Kier alpha value is -1.16. The Morgan fingerprint density at radius 2 is 0.914 bits per heavy atom. The van der Waals surface area contributed by atoms with Gasteiger partial charge in [-0.3, -0.25) is 9.35 Å². The Kier molecular flexibility index (Phi) is 45.4. The van der Waals surface area contributed by atoms with Crippen molar-refractivity contribution in [3.63, 3.8) is 0 Å². The Balaban J connectivity index is 2.33. The molecule has 1 aliphatic heterocycles. The van der Waals surface area contributed by atoms with Gasteiger partial charge in [0.05, 0.1) is 25.4 Å². The monoisotopic (exact) mass is 1020 g/mol. The molecule has 1 fully saturated rings. The first kappa shape index (κ1) is 66.9. The zero-order chi connectivity index (χ0) is 51.2. The lowest BCUT2D eigenvalue weighted by Gasteiger charge is -2.41. The van der Waals surface area contributed by atoms with Crippen LogP contribution in [0.5, 0.6) is 0 Å². The van der Waals surface area contributed by atoms with E-state index < -0.39 is 59.9 Å². The van der Waals surface area contributed by atoms with Crippen LogP contribution in [-0.2, 0) is 28.9 Å². The van der Waals surface area contributed by atoms with Gasteiger partial charge in [0, 0.05) is 6.42 Å². The third-order valence-electron chi connectivity index (χ3n) is 14.3. The van der Waals surface area contributed by atoms with Gasteiger partial charge in [-0.2, -0.15) is 8.42 Å². The minimum atomic E-state index is -5.08. The van der Waals surface area contributed by atoms with E-state index >= 15 is 0 Å². The zero-order valence-electron chi connectivity index (χ0n) is 45.1.